The van der Waals surface area contributed by atoms with Crippen molar-refractivity contribution in [2.24, 2.45) is 0 Å². The monoisotopic (exact) mass is 629 g/mol. The van der Waals surface area contributed by atoms with Crippen LogP contribution in [0, 0.1) is 11.6 Å². The number of carbonyl (C=O) groups excluding carboxylic acids is 1. The third-order valence-electron chi connectivity index (χ3n) is 6.69. The average molecular weight is 630 g/mol. The highest BCUT2D eigenvalue weighted by molar-refractivity contribution is 6.00. The lowest BCUT2D eigenvalue weighted by Gasteiger charge is -2.32. The van der Waals surface area contributed by atoms with Crippen LogP contribution in [0.4, 0.5) is 35.1 Å². The number of nitrogens with one attached hydrogen (secondary N) is 1. The summed E-state index contributed by atoms with van der Waals surface area (Å²) in [5.41, 5.74) is -10.5. The molecule has 0 unspecified atom stereocenters. The highest BCUT2D eigenvalue weighted by atomic mass is 19.4. The fraction of sp³-hybridized carbons (Fsp3) is 0.276. The van der Waals surface area contributed by atoms with E-state index in [0.29, 0.717) is 18.3 Å². The predicted octanol–water partition coefficient (Wildman–Crippen LogP) is 6.01. The van der Waals surface area contributed by atoms with Crippen LogP contribution in [-0.4, -0.2) is 45.9 Å². The fourth-order valence-corrected chi connectivity index (χ4v) is 4.29. The lowest BCUT2D eigenvalue weighted by molar-refractivity contribution is -0.265. The molecule has 0 bridgehead atoms. The SMILES string of the molecule is COc1cc(C(=O)NC[C@](O)(c2cc(C(C)(C)O)c(F)c(-c3ccc(F)cc3)n2)C(F)(F)F)cc2cc(C(F)(F)F)cnc12. The fourth-order valence-electron chi connectivity index (χ4n) is 4.29. The number of methoxy groups -OCH3 is 1. The lowest BCUT2D eigenvalue weighted by Crippen LogP contribution is -2.51. The molecule has 0 radical (unpaired) electrons. The number of alkyl halides is 6. The maximum absolute atomic E-state index is 15.4. The molecule has 0 aliphatic heterocycles. The first-order chi connectivity index (χ1) is 20.3. The van der Waals surface area contributed by atoms with Gasteiger partial charge in [0.1, 0.15) is 22.8 Å². The Hall–Kier alpha value is -4.37. The molecular formula is C29H23F8N3O4. The summed E-state index contributed by atoms with van der Waals surface area (Å²) in [6.07, 6.45) is -9.78. The highest BCUT2D eigenvalue weighted by Gasteiger charge is 2.57. The molecule has 0 spiro atoms. The van der Waals surface area contributed by atoms with E-state index in [4.69, 9.17) is 4.74 Å². The molecular weight excluding hydrogens is 606 g/mol. The number of halogens is 8. The van der Waals surface area contributed by atoms with E-state index >= 15 is 4.39 Å². The zero-order valence-electron chi connectivity index (χ0n) is 23.0. The summed E-state index contributed by atoms with van der Waals surface area (Å²) in [6, 6.07) is 6.98. The summed E-state index contributed by atoms with van der Waals surface area (Å²) in [7, 11) is 1.14. The van der Waals surface area contributed by atoms with Gasteiger partial charge < -0.3 is 20.3 Å². The third kappa shape index (κ3) is 6.28. The number of fused-ring (bicyclic) bond motifs is 1. The first-order valence-corrected chi connectivity index (χ1v) is 12.6. The zero-order chi connectivity index (χ0) is 32.8. The summed E-state index contributed by atoms with van der Waals surface area (Å²) in [4.78, 5) is 20.4. The van der Waals surface area contributed by atoms with Gasteiger partial charge in [-0.2, -0.15) is 26.3 Å². The average Bonchev–Trinajstić information content (AvgIpc) is 2.93. The number of hydrogen-bond donors (Lipinski definition) is 3. The van der Waals surface area contributed by atoms with E-state index in [1.165, 1.54) is 0 Å². The van der Waals surface area contributed by atoms with E-state index < -0.39 is 75.7 Å². The van der Waals surface area contributed by atoms with Gasteiger partial charge in [0.25, 0.3) is 5.91 Å². The molecule has 234 valence electrons. The minimum absolute atomic E-state index is 0.0631. The molecule has 0 aliphatic carbocycles. The van der Waals surface area contributed by atoms with Gasteiger partial charge in [0, 0.05) is 28.3 Å². The van der Waals surface area contributed by atoms with Gasteiger partial charge in [-0.3, -0.25) is 9.78 Å². The number of aliphatic hydroxyl groups is 2. The van der Waals surface area contributed by atoms with E-state index in [1.54, 1.807) is 0 Å². The Morgan fingerprint density at radius 3 is 2.14 bits per heavy atom. The Morgan fingerprint density at radius 2 is 1.59 bits per heavy atom. The molecule has 2 heterocycles. The first-order valence-electron chi connectivity index (χ1n) is 12.6. The number of rotatable bonds is 7. The van der Waals surface area contributed by atoms with Crippen LogP contribution in [0.2, 0.25) is 0 Å². The number of nitrogens with zero attached hydrogens (tertiary/aromatic N) is 2. The van der Waals surface area contributed by atoms with E-state index in [1.807, 2.05) is 5.32 Å². The Kier molecular flexibility index (Phi) is 8.34. The zero-order valence-corrected chi connectivity index (χ0v) is 23.0. The molecule has 3 N–H and O–H groups in total. The van der Waals surface area contributed by atoms with E-state index in [-0.39, 0.29) is 22.2 Å². The second kappa shape index (κ2) is 11.3. The molecule has 1 atom stereocenters. The number of pyridine rings is 2. The van der Waals surface area contributed by atoms with Gasteiger partial charge in [0.05, 0.1) is 30.5 Å². The number of ether oxygens (including phenoxy) is 1. The van der Waals surface area contributed by atoms with Crippen molar-refractivity contribution in [1.29, 1.82) is 0 Å². The molecule has 0 aliphatic rings. The minimum atomic E-state index is -5.55. The quantitative estimate of drug-likeness (QED) is 0.217. The topological polar surface area (TPSA) is 105 Å². The number of hydrogen-bond acceptors (Lipinski definition) is 6. The van der Waals surface area contributed by atoms with E-state index in [2.05, 4.69) is 9.97 Å². The molecule has 0 fully saturated rings. The van der Waals surface area contributed by atoms with Crippen LogP contribution in [0.25, 0.3) is 22.2 Å². The molecule has 4 aromatic rings. The predicted molar refractivity (Wildman–Crippen MR) is 140 cm³/mol. The van der Waals surface area contributed by atoms with Gasteiger partial charge in [-0.1, -0.05) is 0 Å². The Labute approximate surface area is 244 Å². The highest BCUT2D eigenvalue weighted by Crippen LogP contribution is 2.41. The van der Waals surface area contributed by atoms with Crippen LogP contribution in [0.3, 0.4) is 0 Å². The second-order valence-electron chi connectivity index (χ2n) is 10.3. The normalized spacial score (nSPS) is 13.9. The van der Waals surface area contributed by atoms with Crippen molar-refractivity contribution in [1.82, 2.24) is 15.3 Å². The van der Waals surface area contributed by atoms with E-state index in [0.717, 1.165) is 57.4 Å². The molecule has 4 rings (SSSR count). The van der Waals surface area contributed by atoms with Crippen LogP contribution in [0.1, 0.15) is 41.0 Å². The van der Waals surface area contributed by atoms with Crippen molar-refractivity contribution >= 4 is 16.8 Å². The van der Waals surface area contributed by atoms with Crippen molar-refractivity contribution < 1.29 is 54.9 Å². The Balaban J connectivity index is 1.79. The minimum Gasteiger partial charge on any atom is -0.494 e. The molecule has 44 heavy (non-hydrogen) atoms. The summed E-state index contributed by atoms with van der Waals surface area (Å²) in [5.74, 6) is -3.39. The maximum Gasteiger partial charge on any atom is 0.424 e. The van der Waals surface area contributed by atoms with Crippen LogP contribution in [0.5, 0.6) is 5.75 Å². The number of carbonyl (C=O) groups is 1. The molecule has 15 heteroatoms. The smallest absolute Gasteiger partial charge is 0.424 e. The summed E-state index contributed by atoms with van der Waals surface area (Å²) in [6.45, 7) is 0.553. The maximum atomic E-state index is 15.4. The second-order valence-corrected chi connectivity index (χ2v) is 10.3. The molecule has 2 aromatic carbocycles. The standard InChI is InChI=1S/C29H23F8N3O4/c1-26(2,42)19-11-21(40-24(22(19)31)14-4-6-18(30)7-5-14)27(43,29(35,36)37)13-39-25(41)16-8-15-9-17(28(32,33)34)12-38-23(15)20(10-16)44-3/h4-12,42-43H,13H2,1-3H3,(H,39,41)/t27-/m0/s1. The van der Waals surface area contributed by atoms with Gasteiger partial charge in [0.2, 0.25) is 5.60 Å². The van der Waals surface area contributed by atoms with Gasteiger partial charge in [0.15, 0.2) is 5.82 Å². The molecule has 2 aromatic heterocycles. The van der Waals surface area contributed by atoms with Gasteiger partial charge in [-0.15, -0.1) is 0 Å². The third-order valence-corrected chi connectivity index (χ3v) is 6.69. The first kappa shape index (κ1) is 32.5. The van der Waals surface area contributed by atoms with Gasteiger partial charge in [-0.25, -0.2) is 13.8 Å². The summed E-state index contributed by atoms with van der Waals surface area (Å²) in [5, 5.41) is 23.2. The molecule has 1 amide bonds. The summed E-state index contributed by atoms with van der Waals surface area (Å²) < 4.78 is 117. The van der Waals surface area contributed by atoms with Gasteiger partial charge >= 0.3 is 12.4 Å². The number of amides is 1. The number of benzene rings is 2. The molecule has 7 nitrogen and oxygen atoms in total. The van der Waals surface area contributed by atoms with Crippen LogP contribution >= 0.6 is 0 Å². The largest absolute Gasteiger partial charge is 0.494 e. The van der Waals surface area contributed by atoms with Crippen molar-refractivity contribution in [2.45, 2.75) is 37.4 Å². The van der Waals surface area contributed by atoms with E-state index in [9.17, 15) is 45.7 Å². The number of aromatic nitrogens is 2. The molecule has 0 saturated carbocycles. The Bertz CT molecular complexity index is 1720. The van der Waals surface area contributed by atoms with Crippen molar-refractivity contribution in [3.05, 3.63) is 88.7 Å². The van der Waals surface area contributed by atoms with Crippen LogP contribution < -0.4 is 10.1 Å². The Morgan fingerprint density at radius 1 is 0.955 bits per heavy atom. The molecule has 0 saturated heterocycles. The lowest BCUT2D eigenvalue weighted by atomic mass is 9.90. The van der Waals surface area contributed by atoms with Crippen LogP contribution in [-0.2, 0) is 17.4 Å². The van der Waals surface area contributed by atoms with Crippen molar-refractivity contribution in [3.63, 3.8) is 0 Å². The van der Waals surface area contributed by atoms with Gasteiger partial charge in [-0.05, 0) is 62.4 Å². The van der Waals surface area contributed by atoms with Crippen LogP contribution in [0.15, 0.2) is 54.7 Å². The summed E-state index contributed by atoms with van der Waals surface area (Å²) >= 11 is 0. The van der Waals surface area contributed by atoms with Crippen molar-refractivity contribution in [2.75, 3.05) is 13.7 Å². The van der Waals surface area contributed by atoms with Crippen molar-refractivity contribution in [3.8, 4) is 17.0 Å².